The van der Waals surface area contributed by atoms with E-state index in [4.69, 9.17) is 10.00 Å². The zero-order valence-electron chi connectivity index (χ0n) is 10.8. The van der Waals surface area contributed by atoms with Crippen LogP contribution in [0.25, 0.3) is 0 Å². The summed E-state index contributed by atoms with van der Waals surface area (Å²) in [5.74, 6) is -1.45. The third kappa shape index (κ3) is 3.31. The SMILES string of the molecule is Cc1ccc(Oc2ccc(F)c(C(F)(F)F)c2)c(C#N)c1. The smallest absolute Gasteiger partial charge is 0.419 e. The quantitative estimate of drug-likeness (QED) is 0.744. The van der Waals surface area contributed by atoms with Gasteiger partial charge >= 0.3 is 6.18 Å². The number of aryl methyl sites for hydroxylation is 1. The second kappa shape index (κ2) is 5.44. The van der Waals surface area contributed by atoms with Crippen molar-refractivity contribution in [2.45, 2.75) is 13.1 Å². The Bertz CT molecular complexity index is 717. The summed E-state index contributed by atoms with van der Waals surface area (Å²) in [4.78, 5) is 0. The molecule has 0 N–H and O–H groups in total. The van der Waals surface area contributed by atoms with Gasteiger partial charge in [-0.05, 0) is 42.8 Å². The van der Waals surface area contributed by atoms with Crippen molar-refractivity contribution >= 4 is 0 Å². The monoisotopic (exact) mass is 295 g/mol. The Kier molecular flexibility index (Phi) is 3.85. The minimum Gasteiger partial charge on any atom is -0.456 e. The van der Waals surface area contributed by atoms with E-state index in [0.29, 0.717) is 12.1 Å². The van der Waals surface area contributed by atoms with E-state index in [1.54, 1.807) is 19.1 Å². The highest BCUT2D eigenvalue weighted by molar-refractivity contribution is 5.47. The first-order valence-corrected chi connectivity index (χ1v) is 5.86. The number of rotatable bonds is 2. The van der Waals surface area contributed by atoms with Crippen molar-refractivity contribution in [3.8, 4) is 17.6 Å². The van der Waals surface area contributed by atoms with Crippen LogP contribution in [0.5, 0.6) is 11.5 Å². The maximum absolute atomic E-state index is 13.2. The molecule has 21 heavy (non-hydrogen) atoms. The number of ether oxygens (including phenoxy) is 1. The third-order valence-electron chi connectivity index (χ3n) is 2.73. The lowest BCUT2D eigenvalue weighted by Gasteiger charge is -2.12. The molecular weight excluding hydrogens is 286 g/mol. The van der Waals surface area contributed by atoms with Crippen LogP contribution in [0.1, 0.15) is 16.7 Å². The second-order valence-corrected chi connectivity index (χ2v) is 4.35. The number of hydrogen-bond acceptors (Lipinski definition) is 2. The van der Waals surface area contributed by atoms with E-state index < -0.39 is 17.6 Å². The van der Waals surface area contributed by atoms with Gasteiger partial charge in [0.05, 0.1) is 11.1 Å². The van der Waals surface area contributed by atoms with Gasteiger partial charge in [-0.25, -0.2) is 4.39 Å². The van der Waals surface area contributed by atoms with E-state index in [9.17, 15) is 17.6 Å². The van der Waals surface area contributed by atoms with Gasteiger partial charge in [0.1, 0.15) is 23.4 Å². The molecule has 0 spiro atoms. The zero-order valence-corrected chi connectivity index (χ0v) is 10.8. The van der Waals surface area contributed by atoms with E-state index >= 15 is 0 Å². The molecule has 0 saturated heterocycles. The van der Waals surface area contributed by atoms with Crippen molar-refractivity contribution in [2.24, 2.45) is 0 Å². The molecule has 0 bridgehead atoms. The van der Waals surface area contributed by atoms with Gasteiger partial charge in [-0.15, -0.1) is 0 Å². The average molecular weight is 295 g/mol. The summed E-state index contributed by atoms with van der Waals surface area (Å²) in [5.41, 5.74) is -0.410. The van der Waals surface area contributed by atoms with E-state index in [-0.39, 0.29) is 17.1 Å². The molecule has 0 aliphatic rings. The van der Waals surface area contributed by atoms with Crippen molar-refractivity contribution in [2.75, 3.05) is 0 Å². The molecule has 0 atom stereocenters. The van der Waals surface area contributed by atoms with Gasteiger partial charge in [0.15, 0.2) is 0 Å². The Hall–Kier alpha value is -2.55. The van der Waals surface area contributed by atoms with Crippen LogP contribution in [0.2, 0.25) is 0 Å². The molecule has 108 valence electrons. The molecule has 0 saturated carbocycles. The van der Waals surface area contributed by atoms with Gasteiger partial charge in [-0.3, -0.25) is 0 Å². The van der Waals surface area contributed by atoms with Crippen LogP contribution in [-0.2, 0) is 6.18 Å². The summed E-state index contributed by atoms with van der Waals surface area (Å²) in [7, 11) is 0. The van der Waals surface area contributed by atoms with Crippen LogP contribution in [0.15, 0.2) is 36.4 Å². The number of alkyl halides is 3. The van der Waals surface area contributed by atoms with Crippen molar-refractivity contribution in [3.63, 3.8) is 0 Å². The first-order valence-electron chi connectivity index (χ1n) is 5.86. The third-order valence-corrected chi connectivity index (χ3v) is 2.73. The average Bonchev–Trinajstić information content (AvgIpc) is 2.41. The summed E-state index contributed by atoms with van der Waals surface area (Å²) in [6.07, 6.45) is -4.81. The highest BCUT2D eigenvalue weighted by Gasteiger charge is 2.34. The van der Waals surface area contributed by atoms with Crippen LogP contribution in [0, 0.1) is 24.1 Å². The van der Waals surface area contributed by atoms with Gasteiger partial charge in [0.2, 0.25) is 0 Å². The molecule has 0 aromatic heterocycles. The van der Waals surface area contributed by atoms with E-state index in [0.717, 1.165) is 11.6 Å². The van der Waals surface area contributed by atoms with E-state index in [1.165, 1.54) is 6.07 Å². The molecule has 0 amide bonds. The molecule has 0 fully saturated rings. The molecule has 2 rings (SSSR count). The lowest BCUT2D eigenvalue weighted by atomic mass is 10.1. The number of nitrogens with zero attached hydrogens (tertiary/aromatic N) is 1. The molecule has 0 radical (unpaired) electrons. The summed E-state index contributed by atoms with van der Waals surface area (Å²) in [6, 6.07) is 8.89. The topological polar surface area (TPSA) is 33.0 Å². The number of hydrogen-bond donors (Lipinski definition) is 0. The normalized spacial score (nSPS) is 11.0. The van der Waals surface area contributed by atoms with Crippen molar-refractivity contribution < 1.29 is 22.3 Å². The second-order valence-electron chi connectivity index (χ2n) is 4.35. The first kappa shape index (κ1) is 14.9. The molecule has 0 aliphatic carbocycles. The molecule has 0 aliphatic heterocycles. The predicted molar refractivity (Wildman–Crippen MR) is 67.4 cm³/mol. The molecule has 2 nitrogen and oxygen atoms in total. The van der Waals surface area contributed by atoms with Gasteiger partial charge in [0.25, 0.3) is 0 Å². The molecule has 0 unspecified atom stereocenters. The van der Waals surface area contributed by atoms with Gasteiger partial charge in [-0.1, -0.05) is 6.07 Å². The van der Waals surface area contributed by atoms with Gasteiger partial charge in [0, 0.05) is 0 Å². The predicted octanol–water partition coefficient (Wildman–Crippen LogP) is 4.82. The standard InChI is InChI=1S/C15H9F4NO/c1-9-2-5-14(10(6-9)8-20)21-11-3-4-13(16)12(7-11)15(17,18)19/h2-7H,1H3. The molecule has 2 aromatic rings. The highest BCUT2D eigenvalue weighted by atomic mass is 19.4. The van der Waals surface area contributed by atoms with Gasteiger partial charge in [-0.2, -0.15) is 18.4 Å². The largest absolute Gasteiger partial charge is 0.456 e. The number of nitriles is 1. The fourth-order valence-electron chi connectivity index (χ4n) is 1.73. The minimum absolute atomic E-state index is 0.114. The lowest BCUT2D eigenvalue weighted by molar-refractivity contribution is -0.140. The number of halogens is 4. The Labute approximate surface area is 118 Å². The van der Waals surface area contributed by atoms with Crippen LogP contribution >= 0.6 is 0 Å². The van der Waals surface area contributed by atoms with Gasteiger partial charge < -0.3 is 4.74 Å². The summed E-state index contributed by atoms with van der Waals surface area (Å²) < 4.78 is 56.3. The van der Waals surface area contributed by atoms with Crippen LogP contribution < -0.4 is 4.74 Å². The zero-order chi connectivity index (χ0) is 15.6. The molecule has 2 aromatic carbocycles. The Balaban J connectivity index is 2.40. The highest BCUT2D eigenvalue weighted by Crippen LogP contribution is 2.35. The summed E-state index contributed by atoms with van der Waals surface area (Å²) >= 11 is 0. The molecule has 6 heteroatoms. The van der Waals surface area contributed by atoms with Crippen molar-refractivity contribution in [3.05, 3.63) is 58.9 Å². The Morgan fingerprint density at radius 2 is 1.81 bits per heavy atom. The van der Waals surface area contributed by atoms with Crippen LogP contribution in [0.4, 0.5) is 17.6 Å². The maximum Gasteiger partial charge on any atom is 0.419 e. The fourth-order valence-corrected chi connectivity index (χ4v) is 1.73. The number of benzene rings is 2. The Morgan fingerprint density at radius 1 is 1.10 bits per heavy atom. The van der Waals surface area contributed by atoms with E-state index in [2.05, 4.69) is 0 Å². The van der Waals surface area contributed by atoms with Crippen molar-refractivity contribution in [1.82, 2.24) is 0 Å². The summed E-state index contributed by atoms with van der Waals surface area (Å²) in [6.45, 7) is 1.77. The molecule has 0 heterocycles. The van der Waals surface area contributed by atoms with Crippen molar-refractivity contribution in [1.29, 1.82) is 5.26 Å². The fraction of sp³-hybridized carbons (Fsp3) is 0.133. The Morgan fingerprint density at radius 3 is 2.43 bits per heavy atom. The van der Waals surface area contributed by atoms with Crippen LogP contribution in [-0.4, -0.2) is 0 Å². The minimum atomic E-state index is -4.81. The summed E-state index contributed by atoms with van der Waals surface area (Å²) in [5, 5.41) is 8.98. The van der Waals surface area contributed by atoms with E-state index in [1.807, 2.05) is 6.07 Å². The maximum atomic E-state index is 13.2. The molecular formula is C15H9F4NO. The lowest BCUT2D eigenvalue weighted by Crippen LogP contribution is -2.08. The van der Waals surface area contributed by atoms with Crippen LogP contribution in [0.3, 0.4) is 0 Å². The first-order chi connectivity index (χ1) is 9.81.